The SMILES string of the molecule is C=CCN1CC(=O)N2[C@@H](Cc3ccc(O)cc3)C(=O)N(Cc3cccc4c(-c5ccc(C(=O)NN6C(C)CNCC6C)cc5)cn(C)c34)C[C@@H]2N1C(=O)NCc1ccccc1. The first-order chi connectivity index (χ1) is 29.5. The van der Waals surface area contributed by atoms with Crippen molar-refractivity contribution in [1.82, 2.24) is 45.5 Å². The van der Waals surface area contributed by atoms with Crippen molar-refractivity contribution in [2.45, 2.75) is 57.6 Å². The summed E-state index contributed by atoms with van der Waals surface area (Å²) in [5, 5.41) is 22.7. The number of piperazine rings is 2. The number of carbonyl (C=O) groups is 4. The van der Waals surface area contributed by atoms with Crippen molar-refractivity contribution in [3.05, 3.63) is 138 Å². The second-order valence-corrected chi connectivity index (χ2v) is 16.3. The van der Waals surface area contributed by atoms with Crippen LogP contribution >= 0.6 is 0 Å². The van der Waals surface area contributed by atoms with Crippen molar-refractivity contribution in [1.29, 1.82) is 0 Å². The highest BCUT2D eigenvalue weighted by Gasteiger charge is 2.51. The molecule has 61 heavy (non-hydrogen) atoms. The van der Waals surface area contributed by atoms with Gasteiger partial charge in [0.25, 0.3) is 5.91 Å². The normalized spacial score (nSPS) is 21.1. The number of rotatable bonds is 11. The van der Waals surface area contributed by atoms with Crippen LogP contribution in [-0.4, -0.2) is 115 Å². The van der Waals surface area contributed by atoms with Crippen LogP contribution in [-0.2, 0) is 36.1 Å². The van der Waals surface area contributed by atoms with Crippen LogP contribution < -0.4 is 16.1 Å². The predicted molar refractivity (Wildman–Crippen MR) is 233 cm³/mol. The van der Waals surface area contributed by atoms with E-state index in [0.717, 1.165) is 51.8 Å². The molecule has 4 heterocycles. The molecule has 4 atom stereocenters. The number of hydrogen-bond acceptors (Lipinski definition) is 8. The summed E-state index contributed by atoms with van der Waals surface area (Å²) >= 11 is 0. The first-order valence-corrected chi connectivity index (χ1v) is 20.8. The summed E-state index contributed by atoms with van der Waals surface area (Å²) in [7, 11) is 1.98. The molecule has 4 aromatic carbocycles. The molecule has 5 amide bonds. The van der Waals surface area contributed by atoms with Gasteiger partial charge in [0, 0.05) is 81.0 Å². The van der Waals surface area contributed by atoms with Gasteiger partial charge in [0.05, 0.1) is 18.6 Å². The smallest absolute Gasteiger partial charge is 0.334 e. The molecule has 3 fully saturated rings. The summed E-state index contributed by atoms with van der Waals surface area (Å²) in [6, 6.07) is 28.9. The highest BCUT2D eigenvalue weighted by Crippen LogP contribution is 2.35. The molecule has 14 nitrogen and oxygen atoms in total. The molecule has 4 N–H and O–H groups in total. The van der Waals surface area contributed by atoms with Gasteiger partial charge < -0.3 is 30.1 Å². The van der Waals surface area contributed by atoms with Crippen LogP contribution in [0.3, 0.4) is 0 Å². The lowest BCUT2D eigenvalue weighted by Gasteiger charge is -2.55. The molecule has 0 radical (unpaired) electrons. The van der Waals surface area contributed by atoms with Gasteiger partial charge >= 0.3 is 6.03 Å². The molecule has 14 heteroatoms. The van der Waals surface area contributed by atoms with Gasteiger partial charge in [-0.25, -0.2) is 19.8 Å². The zero-order chi connectivity index (χ0) is 42.8. The summed E-state index contributed by atoms with van der Waals surface area (Å²) in [6.07, 6.45) is 3.10. The maximum absolute atomic E-state index is 14.8. The number of nitrogens with zero attached hydrogens (tertiary/aromatic N) is 6. The Bertz CT molecular complexity index is 2410. The monoisotopic (exact) mass is 823 g/mol. The van der Waals surface area contributed by atoms with Crippen LogP contribution in [0.1, 0.15) is 40.9 Å². The van der Waals surface area contributed by atoms with E-state index in [0.29, 0.717) is 5.56 Å². The first kappa shape index (κ1) is 41.3. The summed E-state index contributed by atoms with van der Waals surface area (Å²) in [6.45, 7) is 10.4. The fraction of sp³-hybridized carbons (Fsp3) is 0.319. The molecule has 5 aromatic rings. The van der Waals surface area contributed by atoms with Crippen molar-refractivity contribution >= 4 is 34.7 Å². The Kier molecular flexibility index (Phi) is 11.9. The molecule has 0 bridgehead atoms. The van der Waals surface area contributed by atoms with Crippen molar-refractivity contribution in [2.75, 3.05) is 32.7 Å². The Labute approximate surface area is 355 Å². The minimum atomic E-state index is -0.914. The van der Waals surface area contributed by atoms with Crippen LogP contribution in [0.4, 0.5) is 4.79 Å². The lowest BCUT2D eigenvalue weighted by atomic mass is 9.97. The molecule has 3 saturated heterocycles. The number of nitrogens with one attached hydrogen (secondary N) is 3. The Morgan fingerprint density at radius 1 is 0.902 bits per heavy atom. The van der Waals surface area contributed by atoms with E-state index in [-0.39, 0.29) is 74.7 Å². The van der Waals surface area contributed by atoms with Crippen LogP contribution in [0.15, 0.2) is 116 Å². The Balaban J connectivity index is 1.10. The molecule has 0 spiro atoms. The maximum atomic E-state index is 14.8. The van der Waals surface area contributed by atoms with Crippen molar-refractivity contribution in [3.63, 3.8) is 0 Å². The lowest BCUT2D eigenvalue weighted by molar-refractivity contribution is -0.189. The van der Waals surface area contributed by atoms with E-state index in [9.17, 15) is 24.3 Å². The zero-order valence-electron chi connectivity index (χ0n) is 34.8. The second kappa shape index (κ2) is 17.6. The third-order valence-corrected chi connectivity index (χ3v) is 12.0. The number of fused-ring (bicyclic) bond motifs is 2. The van der Waals surface area contributed by atoms with E-state index in [1.165, 1.54) is 0 Å². The Morgan fingerprint density at radius 2 is 1.62 bits per heavy atom. The quantitative estimate of drug-likeness (QED) is 0.142. The lowest BCUT2D eigenvalue weighted by Crippen LogP contribution is -2.76. The molecule has 0 aliphatic carbocycles. The number of hydrazine groups is 2. The summed E-state index contributed by atoms with van der Waals surface area (Å²) in [4.78, 5) is 59.8. The third-order valence-electron chi connectivity index (χ3n) is 12.0. The van der Waals surface area contributed by atoms with E-state index in [2.05, 4.69) is 53.3 Å². The minimum Gasteiger partial charge on any atom is -0.508 e. The van der Waals surface area contributed by atoms with Crippen molar-refractivity contribution in [2.24, 2.45) is 7.05 Å². The summed E-state index contributed by atoms with van der Waals surface area (Å²) in [5.74, 6) is -0.550. The van der Waals surface area contributed by atoms with Gasteiger partial charge in [-0.3, -0.25) is 19.8 Å². The molecule has 8 rings (SSSR count). The van der Waals surface area contributed by atoms with Gasteiger partial charge in [0.2, 0.25) is 11.8 Å². The number of benzene rings is 4. The largest absolute Gasteiger partial charge is 0.508 e. The van der Waals surface area contributed by atoms with E-state index >= 15 is 0 Å². The average Bonchev–Trinajstić information content (AvgIpc) is 3.60. The van der Waals surface area contributed by atoms with Gasteiger partial charge in [-0.05, 0) is 60.4 Å². The molecular weight excluding hydrogens is 771 g/mol. The number of aromatic nitrogens is 1. The topological polar surface area (TPSA) is 146 Å². The van der Waals surface area contributed by atoms with E-state index in [1.54, 1.807) is 50.2 Å². The second-order valence-electron chi connectivity index (χ2n) is 16.3. The zero-order valence-corrected chi connectivity index (χ0v) is 34.8. The first-order valence-electron chi connectivity index (χ1n) is 20.8. The molecule has 0 saturated carbocycles. The van der Waals surface area contributed by atoms with Gasteiger partial charge in [0.15, 0.2) is 0 Å². The number of phenols is 1. The standard InChI is InChI=1S/C47H53N9O5/c1-5-22-53-30-43(58)54-41(23-33-14-20-38(57)21-15-33)46(60)52(29-42(54)56(53)47(61)49-26-34-10-7-6-8-11-34)27-37-12-9-13-39-40(28-51(4)44(37)39)35-16-18-36(19-17-35)45(59)50-55-31(2)24-48-25-32(55)3/h5-21,28,31-32,41-42,48,57H,1,22-27,29-30H2,2-4H3,(H,49,61)(H,50,59)/t31?,32?,41-,42-/m0/s1. The van der Waals surface area contributed by atoms with Crippen molar-refractivity contribution in [3.8, 4) is 16.9 Å². The molecular formula is C47H53N9O5. The average molecular weight is 824 g/mol. The van der Waals surface area contributed by atoms with Crippen LogP contribution in [0.2, 0.25) is 0 Å². The summed E-state index contributed by atoms with van der Waals surface area (Å²) in [5.41, 5.74) is 9.13. The van der Waals surface area contributed by atoms with Gasteiger partial charge in [-0.2, -0.15) is 0 Å². The molecule has 3 aliphatic heterocycles. The maximum Gasteiger partial charge on any atom is 0.334 e. The van der Waals surface area contributed by atoms with Gasteiger partial charge in [-0.15, -0.1) is 6.58 Å². The number of aryl methyl sites for hydroxylation is 1. The number of amides is 5. The fourth-order valence-electron chi connectivity index (χ4n) is 9.01. The number of urea groups is 1. The van der Waals surface area contributed by atoms with E-state index in [4.69, 9.17) is 0 Å². The molecule has 2 unspecified atom stereocenters. The van der Waals surface area contributed by atoms with Crippen LogP contribution in [0.5, 0.6) is 5.75 Å². The molecule has 1 aromatic heterocycles. The Morgan fingerprint density at radius 3 is 2.33 bits per heavy atom. The third kappa shape index (κ3) is 8.47. The highest BCUT2D eigenvalue weighted by molar-refractivity contribution is 5.99. The number of aromatic hydroxyl groups is 1. The van der Waals surface area contributed by atoms with Crippen LogP contribution in [0.25, 0.3) is 22.0 Å². The van der Waals surface area contributed by atoms with Gasteiger partial charge in [0.1, 0.15) is 18.0 Å². The summed E-state index contributed by atoms with van der Waals surface area (Å²) < 4.78 is 2.06. The number of carbonyl (C=O) groups excluding carboxylic acids is 4. The van der Waals surface area contributed by atoms with E-state index < -0.39 is 18.2 Å². The van der Waals surface area contributed by atoms with Gasteiger partial charge in [-0.1, -0.05) is 78.9 Å². The Hall–Kier alpha value is -6.48. The molecule has 316 valence electrons. The number of hydrogen-bond donors (Lipinski definition) is 4. The molecule has 3 aliphatic rings. The predicted octanol–water partition coefficient (Wildman–Crippen LogP) is 4.61. The highest BCUT2D eigenvalue weighted by atomic mass is 16.3. The number of phenolic OH excluding ortho intramolecular Hbond substituents is 1. The fourth-order valence-corrected chi connectivity index (χ4v) is 9.01. The van der Waals surface area contributed by atoms with E-state index in [1.807, 2.05) is 78.8 Å². The van der Waals surface area contributed by atoms with Crippen LogP contribution in [0, 0.1) is 0 Å². The van der Waals surface area contributed by atoms with Crippen molar-refractivity contribution < 1.29 is 24.3 Å². The minimum absolute atomic E-state index is 0.0751. The number of para-hydroxylation sites is 1.